The second-order valence-electron chi connectivity index (χ2n) is 7.32. The molecule has 2 nitrogen and oxygen atoms in total. The van der Waals surface area contributed by atoms with Gasteiger partial charge < -0.3 is 9.47 Å². The lowest BCUT2D eigenvalue weighted by atomic mass is 9.81. The number of methoxy groups -OCH3 is 2. The van der Waals surface area contributed by atoms with Crippen molar-refractivity contribution in [3.05, 3.63) is 42.0 Å². The van der Waals surface area contributed by atoms with Gasteiger partial charge in [-0.2, -0.15) is 13.2 Å². The monoisotopic (exact) mass is 400 g/mol. The lowest BCUT2D eigenvalue weighted by molar-refractivity contribution is -0.174. The van der Waals surface area contributed by atoms with Crippen LogP contribution in [-0.4, -0.2) is 26.5 Å². The normalized spacial score (nSPS) is 15.2. The Kier molecular flexibility index (Phi) is 10.8. The molecule has 0 bridgehead atoms. The molecule has 5 heteroatoms. The van der Waals surface area contributed by atoms with Gasteiger partial charge in [0.05, 0.1) is 6.10 Å². The topological polar surface area (TPSA) is 18.5 Å². The molecule has 0 heterocycles. The number of alkyl halides is 3. The number of benzene rings is 1. The summed E-state index contributed by atoms with van der Waals surface area (Å²) in [7, 11) is 3.03. The van der Waals surface area contributed by atoms with Gasteiger partial charge in [0.15, 0.2) is 0 Å². The molecule has 0 saturated carbocycles. The Morgan fingerprint density at radius 1 is 0.964 bits per heavy atom. The van der Waals surface area contributed by atoms with E-state index in [0.29, 0.717) is 12.0 Å². The zero-order chi connectivity index (χ0) is 21.0. The van der Waals surface area contributed by atoms with Crippen LogP contribution in [0.15, 0.2) is 30.8 Å². The highest BCUT2D eigenvalue weighted by molar-refractivity contribution is 5.48. The first-order chi connectivity index (χ1) is 13.3. The summed E-state index contributed by atoms with van der Waals surface area (Å²) in [4.78, 5) is 0. The first-order valence-corrected chi connectivity index (χ1v) is 10.2. The van der Waals surface area contributed by atoms with E-state index in [1.165, 1.54) is 26.4 Å². The Morgan fingerprint density at radius 2 is 1.57 bits per heavy atom. The van der Waals surface area contributed by atoms with Gasteiger partial charge in [-0.15, -0.1) is 0 Å². The third-order valence-electron chi connectivity index (χ3n) is 5.40. The molecule has 28 heavy (non-hydrogen) atoms. The molecule has 160 valence electrons. The van der Waals surface area contributed by atoms with E-state index in [9.17, 15) is 13.2 Å². The minimum absolute atomic E-state index is 0.172. The zero-order valence-corrected chi connectivity index (χ0v) is 17.5. The molecule has 0 spiro atoms. The van der Waals surface area contributed by atoms with Crippen LogP contribution < -0.4 is 0 Å². The lowest BCUT2D eigenvalue weighted by Gasteiger charge is -2.40. The molecule has 1 aromatic rings. The molecule has 0 fully saturated rings. The summed E-state index contributed by atoms with van der Waals surface area (Å²) in [5, 5.41) is 0. The average Bonchev–Trinajstić information content (AvgIpc) is 2.69. The second kappa shape index (κ2) is 12.3. The van der Waals surface area contributed by atoms with E-state index in [1.54, 1.807) is 13.2 Å². The SMILES string of the molecule is C=Cc1ccc(C(CCC(F)(F)F)(OC)C(CCCCCCCC)OC)cc1. The number of hydrogen-bond donors (Lipinski definition) is 0. The number of ether oxygens (including phenoxy) is 2. The van der Waals surface area contributed by atoms with Crippen molar-refractivity contribution in [2.45, 2.75) is 82.6 Å². The molecule has 0 N–H and O–H groups in total. The fourth-order valence-electron chi connectivity index (χ4n) is 3.72. The van der Waals surface area contributed by atoms with Crippen molar-refractivity contribution < 1.29 is 22.6 Å². The van der Waals surface area contributed by atoms with Gasteiger partial charge in [-0.1, -0.05) is 82.4 Å². The number of halogens is 3. The summed E-state index contributed by atoms with van der Waals surface area (Å²) in [6.07, 6.45) is 3.29. The molecule has 0 radical (unpaired) electrons. The summed E-state index contributed by atoms with van der Waals surface area (Å²) in [6.45, 7) is 5.90. The highest BCUT2D eigenvalue weighted by atomic mass is 19.4. The first-order valence-electron chi connectivity index (χ1n) is 10.2. The number of unbranched alkanes of at least 4 members (excludes halogenated alkanes) is 5. The average molecular weight is 401 g/mol. The van der Waals surface area contributed by atoms with Crippen LogP contribution in [0.4, 0.5) is 13.2 Å². The maximum absolute atomic E-state index is 13.0. The molecular formula is C23H35F3O2. The Bertz CT molecular complexity index is 554. The van der Waals surface area contributed by atoms with Crippen molar-refractivity contribution >= 4 is 6.08 Å². The molecule has 0 aliphatic carbocycles. The Hall–Kier alpha value is -1.33. The van der Waals surface area contributed by atoms with Crippen LogP contribution in [0.25, 0.3) is 6.08 Å². The quantitative estimate of drug-likeness (QED) is 0.306. The lowest BCUT2D eigenvalue weighted by Crippen LogP contribution is -2.43. The Morgan fingerprint density at radius 3 is 2.07 bits per heavy atom. The second-order valence-corrected chi connectivity index (χ2v) is 7.32. The van der Waals surface area contributed by atoms with Gasteiger partial charge in [0, 0.05) is 20.6 Å². The van der Waals surface area contributed by atoms with E-state index in [-0.39, 0.29) is 6.42 Å². The van der Waals surface area contributed by atoms with Crippen LogP contribution >= 0.6 is 0 Å². The standard InChI is InChI=1S/C23H35F3O2/c1-5-7-8-9-10-11-12-21(27-3)22(28-4,17-18-23(24,25)26)20-15-13-19(6-2)14-16-20/h6,13-16,21H,2,5,7-12,17-18H2,1,3-4H3. The molecule has 0 aliphatic heterocycles. The van der Waals surface area contributed by atoms with Crippen molar-refractivity contribution in [3.63, 3.8) is 0 Å². The van der Waals surface area contributed by atoms with E-state index in [4.69, 9.17) is 9.47 Å². The molecule has 1 rings (SSSR count). The minimum atomic E-state index is -4.25. The van der Waals surface area contributed by atoms with Gasteiger partial charge in [-0.05, 0) is 24.0 Å². The molecule has 0 aromatic heterocycles. The minimum Gasteiger partial charge on any atom is -0.378 e. The molecule has 0 aliphatic rings. The molecule has 2 unspecified atom stereocenters. The van der Waals surface area contributed by atoms with Gasteiger partial charge in [-0.3, -0.25) is 0 Å². The third kappa shape index (κ3) is 7.59. The van der Waals surface area contributed by atoms with Crippen molar-refractivity contribution in [1.29, 1.82) is 0 Å². The molecule has 2 atom stereocenters. The molecular weight excluding hydrogens is 365 g/mol. The molecule has 1 aromatic carbocycles. The van der Waals surface area contributed by atoms with Crippen molar-refractivity contribution in [1.82, 2.24) is 0 Å². The summed E-state index contributed by atoms with van der Waals surface area (Å²) in [5.74, 6) is 0. The van der Waals surface area contributed by atoms with E-state index < -0.39 is 24.3 Å². The first kappa shape index (κ1) is 24.7. The van der Waals surface area contributed by atoms with Crippen LogP contribution in [0.3, 0.4) is 0 Å². The van der Waals surface area contributed by atoms with Crippen LogP contribution in [0.5, 0.6) is 0 Å². The van der Waals surface area contributed by atoms with Crippen LogP contribution in [0, 0.1) is 0 Å². The zero-order valence-electron chi connectivity index (χ0n) is 17.5. The maximum atomic E-state index is 13.0. The summed E-state index contributed by atoms with van der Waals surface area (Å²) in [6, 6.07) is 7.34. The van der Waals surface area contributed by atoms with Crippen LogP contribution in [-0.2, 0) is 15.1 Å². The fourth-order valence-corrected chi connectivity index (χ4v) is 3.72. The predicted molar refractivity (Wildman–Crippen MR) is 109 cm³/mol. The van der Waals surface area contributed by atoms with Crippen molar-refractivity contribution in [2.24, 2.45) is 0 Å². The van der Waals surface area contributed by atoms with Gasteiger partial charge in [0.25, 0.3) is 0 Å². The van der Waals surface area contributed by atoms with Crippen molar-refractivity contribution in [2.75, 3.05) is 14.2 Å². The molecule has 0 saturated heterocycles. The van der Waals surface area contributed by atoms with Crippen LogP contribution in [0.2, 0.25) is 0 Å². The van der Waals surface area contributed by atoms with E-state index in [0.717, 1.165) is 24.8 Å². The summed E-state index contributed by atoms with van der Waals surface area (Å²) < 4.78 is 50.6. The maximum Gasteiger partial charge on any atom is 0.389 e. The highest BCUT2D eigenvalue weighted by Gasteiger charge is 2.44. The fraction of sp³-hybridized carbons (Fsp3) is 0.652. The van der Waals surface area contributed by atoms with Gasteiger partial charge >= 0.3 is 6.18 Å². The highest BCUT2D eigenvalue weighted by Crippen LogP contribution is 2.40. The Labute approximate surface area is 168 Å². The smallest absolute Gasteiger partial charge is 0.378 e. The van der Waals surface area contributed by atoms with E-state index in [1.807, 2.05) is 24.3 Å². The summed E-state index contributed by atoms with van der Waals surface area (Å²) >= 11 is 0. The van der Waals surface area contributed by atoms with Crippen LogP contribution in [0.1, 0.15) is 75.8 Å². The predicted octanol–water partition coefficient (Wildman–Crippen LogP) is 7.28. The van der Waals surface area contributed by atoms with E-state index in [2.05, 4.69) is 13.5 Å². The van der Waals surface area contributed by atoms with E-state index >= 15 is 0 Å². The van der Waals surface area contributed by atoms with Gasteiger partial charge in [0.2, 0.25) is 0 Å². The molecule has 0 amide bonds. The number of hydrogen-bond acceptors (Lipinski definition) is 2. The Balaban J connectivity index is 3.01. The number of rotatable bonds is 14. The third-order valence-corrected chi connectivity index (χ3v) is 5.40. The van der Waals surface area contributed by atoms with Gasteiger partial charge in [-0.25, -0.2) is 0 Å². The summed E-state index contributed by atoms with van der Waals surface area (Å²) in [5.41, 5.74) is 0.491. The van der Waals surface area contributed by atoms with Gasteiger partial charge in [0.1, 0.15) is 5.60 Å². The largest absolute Gasteiger partial charge is 0.389 e. The van der Waals surface area contributed by atoms with Crippen molar-refractivity contribution in [3.8, 4) is 0 Å².